The highest BCUT2D eigenvalue weighted by atomic mass is 35.5. The summed E-state index contributed by atoms with van der Waals surface area (Å²) in [4.78, 5) is 25.1. The highest BCUT2D eigenvalue weighted by molar-refractivity contribution is 6.33. The Morgan fingerprint density at radius 2 is 2.25 bits per heavy atom. The van der Waals surface area contributed by atoms with Gasteiger partial charge in [-0.1, -0.05) is 11.6 Å². The van der Waals surface area contributed by atoms with E-state index in [-0.39, 0.29) is 18.4 Å². The maximum Gasteiger partial charge on any atom is 0.238 e. The lowest BCUT2D eigenvalue weighted by atomic mass is 10.2. The molecule has 4 N–H and O–H groups in total. The van der Waals surface area contributed by atoms with E-state index in [2.05, 4.69) is 10.6 Å². The second-order valence-electron chi connectivity index (χ2n) is 4.66. The van der Waals surface area contributed by atoms with E-state index in [4.69, 9.17) is 17.3 Å². The van der Waals surface area contributed by atoms with Gasteiger partial charge in [-0.05, 0) is 18.2 Å². The van der Waals surface area contributed by atoms with Gasteiger partial charge in [0, 0.05) is 31.7 Å². The molecule has 2 amide bonds. The SMILES string of the molecule is Nc1cc(NC(=O)CN2CCNC(=O)CC2)ccc1Cl. The van der Waals surface area contributed by atoms with Crippen LogP contribution in [0.4, 0.5) is 11.4 Å². The van der Waals surface area contributed by atoms with Crippen molar-refractivity contribution in [2.75, 3.05) is 37.2 Å². The lowest BCUT2D eigenvalue weighted by Crippen LogP contribution is -2.35. The van der Waals surface area contributed by atoms with E-state index < -0.39 is 0 Å². The number of benzene rings is 1. The zero-order valence-electron chi connectivity index (χ0n) is 11.0. The van der Waals surface area contributed by atoms with Gasteiger partial charge in [-0.15, -0.1) is 0 Å². The van der Waals surface area contributed by atoms with E-state index in [9.17, 15) is 9.59 Å². The van der Waals surface area contributed by atoms with Crippen molar-refractivity contribution < 1.29 is 9.59 Å². The minimum atomic E-state index is -0.138. The average Bonchev–Trinajstić information content (AvgIpc) is 2.59. The average molecular weight is 297 g/mol. The summed E-state index contributed by atoms with van der Waals surface area (Å²) in [5, 5.41) is 5.99. The molecule has 20 heavy (non-hydrogen) atoms. The molecular formula is C13H17ClN4O2. The molecule has 6 nitrogen and oxygen atoms in total. The number of carbonyl (C=O) groups excluding carboxylic acids is 2. The zero-order valence-corrected chi connectivity index (χ0v) is 11.7. The van der Waals surface area contributed by atoms with Crippen molar-refractivity contribution in [3.8, 4) is 0 Å². The number of nitrogens with two attached hydrogens (primary N) is 1. The molecule has 2 rings (SSSR count). The van der Waals surface area contributed by atoms with Gasteiger partial charge in [0.1, 0.15) is 0 Å². The minimum Gasteiger partial charge on any atom is -0.397 e. The number of hydrogen-bond acceptors (Lipinski definition) is 4. The van der Waals surface area contributed by atoms with Crippen molar-refractivity contribution >= 4 is 34.8 Å². The van der Waals surface area contributed by atoms with Crippen LogP contribution in [-0.4, -0.2) is 42.9 Å². The number of nitrogens with one attached hydrogen (secondary N) is 2. The maximum absolute atomic E-state index is 11.9. The van der Waals surface area contributed by atoms with Crippen molar-refractivity contribution in [3.63, 3.8) is 0 Å². The molecule has 108 valence electrons. The Labute approximate surface area is 122 Å². The molecule has 0 atom stereocenters. The third kappa shape index (κ3) is 4.11. The third-order valence-corrected chi connectivity index (χ3v) is 3.40. The van der Waals surface area contributed by atoms with Gasteiger partial charge in [0.25, 0.3) is 0 Å². The Hall–Kier alpha value is -1.79. The number of hydrogen-bond donors (Lipinski definition) is 3. The van der Waals surface area contributed by atoms with E-state index in [0.717, 1.165) is 0 Å². The molecule has 1 aliphatic rings. The van der Waals surface area contributed by atoms with Gasteiger partial charge in [-0.25, -0.2) is 0 Å². The molecule has 0 unspecified atom stereocenters. The first-order valence-corrected chi connectivity index (χ1v) is 6.76. The van der Waals surface area contributed by atoms with Crippen LogP contribution in [0, 0.1) is 0 Å². The largest absolute Gasteiger partial charge is 0.397 e. The number of amides is 2. The Morgan fingerprint density at radius 3 is 3.00 bits per heavy atom. The van der Waals surface area contributed by atoms with E-state index in [1.165, 1.54) is 0 Å². The van der Waals surface area contributed by atoms with Crippen molar-refractivity contribution in [1.29, 1.82) is 0 Å². The molecule has 0 bridgehead atoms. The molecule has 0 spiro atoms. The molecule has 1 aliphatic heterocycles. The normalized spacial score (nSPS) is 16.4. The number of nitrogens with zero attached hydrogens (tertiary/aromatic N) is 1. The van der Waals surface area contributed by atoms with Gasteiger partial charge in [0.05, 0.1) is 17.3 Å². The van der Waals surface area contributed by atoms with Crippen LogP contribution in [0.15, 0.2) is 18.2 Å². The Bertz CT molecular complexity index is 521. The molecule has 1 fully saturated rings. The highest BCUT2D eigenvalue weighted by Crippen LogP contribution is 2.22. The van der Waals surface area contributed by atoms with Gasteiger partial charge in [0.15, 0.2) is 0 Å². The second-order valence-corrected chi connectivity index (χ2v) is 5.07. The minimum absolute atomic E-state index is 0.0263. The van der Waals surface area contributed by atoms with Crippen LogP contribution in [-0.2, 0) is 9.59 Å². The van der Waals surface area contributed by atoms with Crippen LogP contribution in [0.3, 0.4) is 0 Å². The summed E-state index contributed by atoms with van der Waals surface area (Å²) in [7, 11) is 0. The number of halogens is 1. The van der Waals surface area contributed by atoms with Gasteiger partial charge in [-0.3, -0.25) is 14.5 Å². The fourth-order valence-corrected chi connectivity index (χ4v) is 2.11. The lowest BCUT2D eigenvalue weighted by Gasteiger charge is -2.18. The number of anilines is 2. The first-order chi connectivity index (χ1) is 9.54. The molecule has 0 saturated carbocycles. The van der Waals surface area contributed by atoms with E-state index >= 15 is 0 Å². The summed E-state index contributed by atoms with van der Waals surface area (Å²) in [6.45, 7) is 2.07. The monoisotopic (exact) mass is 296 g/mol. The van der Waals surface area contributed by atoms with Crippen LogP contribution in [0.2, 0.25) is 5.02 Å². The summed E-state index contributed by atoms with van der Waals surface area (Å²) < 4.78 is 0. The first-order valence-electron chi connectivity index (χ1n) is 6.38. The van der Waals surface area contributed by atoms with E-state index in [0.29, 0.717) is 42.5 Å². The zero-order chi connectivity index (χ0) is 14.5. The molecule has 0 aromatic heterocycles. The summed E-state index contributed by atoms with van der Waals surface area (Å²) in [6.07, 6.45) is 0.418. The molecule has 1 aromatic rings. The highest BCUT2D eigenvalue weighted by Gasteiger charge is 2.16. The standard InChI is InChI=1S/C13H17ClN4O2/c14-10-2-1-9(7-11(10)15)17-13(20)8-18-5-3-12(19)16-4-6-18/h1-2,7H,3-6,8,15H2,(H,16,19)(H,17,20). The Balaban J connectivity index is 1.88. The third-order valence-electron chi connectivity index (χ3n) is 3.05. The smallest absolute Gasteiger partial charge is 0.238 e. The molecular weight excluding hydrogens is 280 g/mol. The number of rotatable bonds is 3. The molecule has 1 saturated heterocycles. The van der Waals surface area contributed by atoms with Crippen LogP contribution in [0.5, 0.6) is 0 Å². The van der Waals surface area contributed by atoms with Crippen molar-refractivity contribution in [3.05, 3.63) is 23.2 Å². The number of nitrogen functional groups attached to an aromatic ring is 1. The van der Waals surface area contributed by atoms with Gasteiger partial charge in [0.2, 0.25) is 11.8 Å². The molecule has 0 aliphatic carbocycles. The summed E-state index contributed by atoms with van der Waals surface area (Å²) in [5.41, 5.74) is 6.71. The Morgan fingerprint density at radius 1 is 1.45 bits per heavy atom. The number of carbonyl (C=O) groups is 2. The fraction of sp³-hybridized carbons (Fsp3) is 0.385. The first kappa shape index (κ1) is 14.6. The van der Waals surface area contributed by atoms with Gasteiger partial charge < -0.3 is 16.4 Å². The molecule has 7 heteroatoms. The van der Waals surface area contributed by atoms with E-state index in [1.807, 2.05) is 4.90 Å². The van der Waals surface area contributed by atoms with E-state index in [1.54, 1.807) is 18.2 Å². The summed E-state index contributed by atoms with van der Waals surface area (Å²) in [6, 6.07) is 4.96. The lowest BCUT2D eigenvalue weighted by molar-refractivity contribution is -0.121. The van der Waals surface area contributed by atoms with Crippen molar-refractivity contribution in [1.82, 2.24) is 10.2 Å². The maximum atomic E-state index is 11.9. The molecule has 1 aromatic carbocycles. The predicted molar refractivity (Wildman–Crippen MR) is 78.6 cm³/mol. The van der Waals surface area contributed by atoms with Gasteiger partial charge >= 0.3 is 0 Å². The Kier molecular flexibility index (Phi) is 4.81. The van der Waals surface area contributed by atoms with Crippen LogP contribution >= 0.6 is 11.6 Å². The second kappa shape index (κ2) is 6.58. The molecule has 1 heterocycles. The quantitative estimate of drug-likeness (QED) is 0.716. The fourth-order valence-electron chi connectivity index (χ4n) is 2.00. The predicted octanol–water partition coefficient (Wildman–Crippen LogP) is 0.683. The van der Waals surface area contributed by atoms with Crippen LogP contribution in [0.1, 0.15) is 6.42 Å². The summed E-state index contributed by atoms with van der Waals surface area (Å²) in [5.74, 6) is -0.112. The summed E-state index contributed by atoms with van der Waals surface area (Å²) >= 11 is 5.82. The topological polar surface area (TPSA) is 87.5 Å². The van der Waals surface area contributed by atoms with Crippen LogP contribution < -0.4 is 16.4 Å². The van der Waals surface area contributed by atoms with Crippen molar-refractivity contribution in [2.24, 2.45) is 0 Å². The van der Waals surface area contributed by atoms with Crippen LogP contribution in [0.25, 0.3) is 0 Å². The van der Waals surface area contributed by atoms with Gasteiger partial charge in [-0.2, -0.15) is 0 Å². The van der Waals surface area contributed by atoms with Crippen molar-refractivity contribution in [2.45, 2.75) is 6.42 Å². The molecule has 0 radical (unpaired) electrons.